The van der Waals surface area contributed by atoms with Crippen LogP contribution >= 0.6 is 12.4 Å². The molecule has 0 spiro atoms. The second kappa shape index (κ2) is 7.35. The molecule has 3 N–H and O–H groups in total. The van der Waals surface area contributed by atoms with Crippen LogP contribution < -0.4 is 15.8 Å². The van der Waals surface area contributed by atoms with Crippen LogP contribution in [-0.2, 0) is 4.79 Å². The Morgan fingerprint density at radius 3 is 2.69 bits per heavy atom. The van der Waals surface area contributed by atoms with Crippen LogP contribution in [0.5, 0.6) is 5.75 Å². The minimum atomic E-state index is -0.218. The summed E-state index contributed by atoms with van der Waals surface area (Å²) in [5.74, 6) is 0.406. The van der Waals surface area contributed by atoms with E-state index in [1.165, 1.54) is 0 Å². The fraction of sp³-hybridized carbons (Fsp3) is 0.263. The van der Waals surface area contributed by atoms with E-state index < -0.39 is 0 Å². The van der Waals surface area contributed by atoms with E-state index in [1.807, 2.05) is 30.3 Å². The molecule has 0 bridgehead atoms. The van der Waals surface area contributed by atoms with E-state index in [2.05, 4.69) is 5.32 Å². The van der Waals surface area contributed by atoms with E-state index in [1.54, 1.807) is 23.1 Å². The number of nitrogens with one attached hydrogen (secondary N) is 1. The van der Waals surface area contributed by atoms with Crippen LogP contribution in [0, 0.1) is 0 Å². The van der Waals surface area contributed by atoms with Crippen molar-refractivity contribution in [2.75, 3.05) is 25.0 Å². The molecule has 0 radical (unpaired) electrons. The van der Waals surface area contributed by atoms with Crippen molar-refractivity contribution in [3.05, 3.63) is 59.7 Å². The predicted molar refractivity (Wildman–Crippen MR) is 101 cm³/mol. The lowest BCUT2D eigenvalue weighted by atomic mass is 9.95. The first-order chi connectivity index (χ1) is 12.1. The second-order valence-corrected chi connectivity index (χ2v) is 6.44. The van der Waals surface area contributed by atoms with Crippen molar-refractivity contribution >= 4 is 29.9 Å². The topological polar surface area (TPSA) is 84.7 Å². The van der Waals surface area contributed by atoms with Crippen molar-refractivity contribution in [1.82, 2.24) is 4.90 Å². The van der Waals surface area contributed by atoms with Gasteiger partial charge in [-0.3, -0.25) is 9.59 Å². The summed E-state index contributed by atoms with van der Waals surface area (Å²) in [6.07, 6.45) is 0. The van der Waals surface area contributed by atoms with Gasteiger partial charge in [-0.25, -0.2) is 0 Å². The van der Waals surface area contributed by atoms with E-state index in [9.17, 15) is 9.59 Å². The third-order valence-electron chi connectivity index (χ3n) is 4.74. The monoisotopic (exact) mass is 373 g/mol. The van der Waals surface area contributed by atoms with Gasteiger partial charge in [0.15, 0.2) is 6.61 Å². The molecule has 0 unspecified atom stereocenters. The number of halogens is 1. The molecule has 0 aromatic heterocycles. The van der Waals surface area contributed by atoms with Gasteiger partial charge in [-0.15, -0.1) is 12.4 Å². The van der Waals surface area contributed by atoms with E-state index in [4.69, 9.17) is 10.5 Å². The molecular weight excluding hydrogens is 354 g/mol. The van der Waals surface area contributed by atoms with Crippen LogP contribution in [0.3, 0.4) is 0 Å². The molecule has 6 nitrogen and oxygen atoms in total. The summed E-state index contributed by atoms with van der Waals surface area (Å²) in [6, 6.07) is 15.0. The number of benzene rings is 2. The normalized spacial score (nSPS) is 21.3. The standard InChI is InChI=1S/C19H19N3O3.ClH/c20-15-10-22(9-14(15)12-4-2-1-3-5-12)19(24)13-6-7-17-16(8-13)21-18(23)11-25-17;/h1-8,14-15H,9-11,20H2,(H,21,23);1H/t14-,15+;/m0./s1. The Labute approximate surface area is 157 Å². The molecule has 4 rings (SSSR count). The number of carbonyl (C=O) groups excluding carboxylic acids is 2. The van der Waals surface area contributed by atoms with Crippen LogP contribution in [0.15, 0.2) is 48.5 Å². The van der Waals surface area contributed by atoms with Crippen molar-refractivity contribution < 1.29 is 14.3 Å². The maximum atomic E-state index is 12.9. The van der Waals surface area contributed by atoms with Crippen LogP contribution in [-0.4, -0.2) is 42.5 Å². The maximum Gasteiger partial charge on any atom is 0.262 e. The Balaban J connectivity index is 0.00000196. The van der Waals surface area contributed by atoms with Gasteiger partial charge in [0, 0.05) is 30.6 Å². The summed E-state index contributed by atoms with van der Waals surface area (Å²) in [6.45, 7) is 1.10. The summed E-state index contributed by atoms with van der Waals surface area (Å²) in [5.41, 5.74) is 8.48. The molecular formula is C19H20ClN3O3. The highest BCUT2D eigenvalue weighted by atomic mass is 35.5. The molecule has 0 aliphatic carbocycles. The number of carbonyl (C=O) groups is 2. The molecule has 2 aromatic rings. The van der Waals surface area contributed by atoms with Gasteiger partial charge in [-0.05, 0) is 23.8 Å². The Morgan fingerprint density at radius 2 is 1.92 bits per heavy atom. The minimum Gasteiger partial charge on any atom is -0.482 e. The number of ether oxygens (including phenoxy) is 1. The van der Waals surface area contributed by atoms with Crippen molar-refractivity contribution in [1.29, 1.82) is 0 Å². The van der Waals surface area contributed by atoms with Crippen LogP contribution in [0.25, 0.3) is 0 Å². The van der Waals surface area contributed by atoms with Crippen LogP contribution in [0.2, 0.25) is 0 Å². The van der Waals surface area contributed by atoms with E-state index in [-0.39, 0.29) is 42.8 Å². The zero-order chi connectivity index (χ0) is 17.4. The van der Waals surface area contributed by atoms with Crippen LogP contribution in [0.1, 0.15) is 21.8 Å². The number of anilines is 1. The van der Waals surface area contributed by atoms with Gasteiger partial charge in [0.25, 0.3) is 11.8 Å². The molecule has 1 saturated heterocycles. The average molecular weight is 374 g/mol. The van der Waals surface area contributed by atoms with Crippen molar-refractivity contribution in [2.45, 2.75) is 12.0 Å². The fourth-order valence-electron chi connectivity index (χ4n) is 3.45. The third-order valence-corrected chi connectivity index (χ3v) is 4.74. The molecule has 136 valence electrons. The van der Waals surface area contributed by atoms with Gasteiger partial charge < -0.3 is 20.7 Å². The average Bonchev–Trinajstić information content (AvgIpc) is 3.03. The summed E-state index contributed by atoms with van der Waals surface area (Å²) in [5, 5.41) is 2.73. The lowest BCUT2D eigenvalue weighted by molar-refractivity contribution is -0.118. The molecule has 26 heavy (non-hydrogen) atoms. The minimum absolute atomic E-state index is 0. The summed E-state index contributed by atoms with van der Waals surface area (Å²) >= 11 is 0. The number of fused-ring (bicyclic) bond motifs is 1. The number of nitrogens with zero attached hydrogens (tertiary/aromatic N) is 1. The van der Waals surface area contributed by atoms with E-state index in [0.29, 0.717) is 30.1 Å². The number of amides is 2. The SMILES string of the molecule is Cl.N[C@@H]1CN(C(=O)c2ccc3c(c2)NC(=O)CO3)C[C@H]1c1ccccc1. The van der Waals surface area contributed by atoms with Gasteiger partial charge in [0.05, 0.1) is 5.69 Å². The third kappa shape index (κ3) is 3.38. The molecule has 2 aromatic carbocycles. The summed E-state index contributed by atoms with van der Waals surface area (Å²) in [4.78, 5) is 26.1. The number of likely N-dealkylation sites (tertiary alicyclic amines) is 1. The number of rotatable bonds is 2. The van der Waals surface area contributed by atoms with Gasteiger partial charge in [0.1, 0.15) is 5.75 Å². The highest BCUT2D eigenvalue weighted by Crippen LogP contribution is 2.31. The summed E-state index contributed by atoms with van der Waals surface area (Å²) < 4.78 is 5.33. The van der Waals surface area contributed by atoms with Crippen molar-refractivity contribution in [3.63, 3.8) is 0 Å². The van der Waals surface area contributed by atoms with Crippen LogP contribution in [0.4, 0.5) is 5.69 Å². The first kappa shape index (κ1) is 18.2. The van der Waals surface area contributed by atoms with Gasteiger partial charge >= 0.3 is 0 Å². The van der Waals surface area contributed by atoms with Crippen molar-refractivity contribution in [2.24, 2.45) is 5.73 Å². The molecule has 2 atom stereocenters. The molecule has 2 amide bonds. The zero-order valence-corrected chi connectivity index (χ0v) is 14.9. The largest absolute Gasteiger partial charge is 0.482 e. The van der Waals surface area contributed by atoms with Gasteiger partial charge in [0.2, 0.25) is 0 Å². The molecule has 7 heteroatoms. The zero-order valence-electron chi connectivity index (χ0n) is 14.1. The quantitative estimate of drug-likeness (QED) is 0.843. The molecule has 2 heterocycles. The maximum absolute atomic E-state index is 12.9. The summed E-state index contributed by atoms with van der Waals surface area (Å²) in [7, 11) is 0. The van der Waals surface area contributed by atoms with E-state index in [0.717, 1.165) is 5.56 Å². The first-order valence-corrected chi connectivity index (χ1v) is 8.28. The lowest BCUT2D eigenvalue weighted by Gasteiger charge is -2.20. The smallest absolute Gasteiger partial charge is 0.262 e. The predicted octanol–water partition coefficient (Wildman–Crippen LogP) is 2.01. The highest BCUT2D eigenvalue weighted by molar-refractivity contribution is 6.00. The molecule has 2 aliphatic rings. The molecule has 1 fully saturated rings. The highest BCUT2D eigenvalue weighted by Gasteiger charge is 2.34. The fourth-order valence-corrected chi connectivity index (χ4v) is 3.45. The second-order valence-electron chi connectivity index (χ2n) is 6.44. The van der Waals surface area contributed by atoms with Crippen molar-refractivity contribution in [3.8, 4) is 5.75 Å². The molecule has 2 aliphatic heterocycles. The number of nitrogens with two attached hydrogens (primary N) is 1. The number of hydrogen-bond donors (Lipinski definition) is 2. The Kier molecular flexibility index (Phi) is 5.15. The Morgan fingerprint density at radius 1 is 1.15 bits per heavy atom. The first-order valence-electron chi connectivity index (χ1n) is 8.28. The molecule has 0 saturated carbocycles. The lowest BCUT2D eigenvalue weighted by Crippen LogP contribution is -2.32. The van der Waals surface area contributed by atoms with Gasteiger partial charge in [-0.2, -0.15) is 0 Å². The Bertz CT molecular complexity index is 828. The van der Waals surface area contributed by atoms with E-state index >= 15 is 0 Å². The van der Waals surface area contributed by atoms with Gasteiger partial charge in [-0.1, -0.05) is 30.3 Å². The number of hydrogen-bond acceptors (Lipinski definition) is 4. The Hall–Kier alpha value is -2.57.